The Labute approximate surface area is 179 Å². The minimum atomic E-state index is -0.327. The highest BCUT2D eigenvalue weighted by Gasteiger charge is 2.19. The summed E-state index contributed by atoms with van der Waals surface area (Å²) in [6.07, 6.45) is 3.83. The molecule has 6 nitrogen and oxygen atoms in total. The summed E-state index contributed by atoms with van der Waals surface area (Å²) >= 11 is 0. The fourth-order valence-electron chi connectivity index (χ4n) is 4.11. The number of halogens is 2. The van der Waals surface area contributed by atoms with E-state index < -0.39 is 0 Å². The highest BCUT2D eigenvalue weighted by molar-refractivity contribution is 5.91. The molecular formula is C22H20ClFN6. The summed E-state index contributed by atoms with van der Waals surface area (Å²) in [7, 11) is 1.81. The van der Waals surface area contributed by atoms with Crippen molar-refractivity contribution < 1.29 is 4.39 Å². The Bertz CT molecular complexity index is 1290. The lowest BCUT2D eigenvalue weighted by Crippen LogP contribution is -2.27. The number of nitrogens with one attached hydrogen (secondary N) is 1. The number of benzene rings is 2. The van der Waals surface area contributed by atoms with Gasteiger partial charge in [-0.25, -0.2) is 4.39 Å². The molecule has 30 heavy (non-hydrogen) atoms. The second-order valence-electron chi connectivity index (χ2n) is 7.56. The molecule has 0 unspecified atom stereocenters. The molecule has 0 saturated carbocycles. The Balaban J connectivity index is 0.00000218. The first-order valence-corrected chi connectivity index (χ1v) is 9.68. The van der Waals surface area contributed by atoms with Gasteiger partial charge in [-0.15, -0.1) is 12.4 Å². The van der Waals surface area contributed by atoms with E-state index in [4.69, 9.17) is 0 Å². The molecule has 1 aliphatic heterocycles. The zero-order chi connectivity index (χ0) is 20.0. The maximum Gasteiger partial charge on any atom is 0.133 e. The molecular weight excluding hydrogens is 403 g/mol. The molecule has 0 aliphatic carbocycles. The van der Waals surface area contributed by atoms with Crippen LogP contribution in [0.5, 0.6) is 0 Å². The van der Waals surface area contributed by atoms with E-state index in [2.05, 4.69) is 26.7 Å². The van der Waals surface area contributed by atoms with Crippen LogP contribution in [0.2, 0.25) is 0 Å². The summed E-state index contributed by atoms with van der Waals surface area (Å²) in [6.45, 7) is 1.90. The lowest BCUT2D eigenvalue weighted by atomic mass is 9.93. The van der Waals surface area contributed by atoms with Gasteiger partial charge >= 0.3 is 0 Å². The van der Waals surface area contributed by atoms with E-state index in [1.54, 1.807) is 10.7 Å². The van der Waals surface area contributed by atoms with Crippen molar-refractivity contribution in [2.75, 3.05) is 13.1 Å². The predicted molar refractivity (Wildman–Crippen MR) is 116 cm³/mol. The first-order chi connectivity index (χ1) is 14.1. The molecule has 0 amide bonds. The Morgan fingerprint density at radius 3 is 2.63 bits per heavy atom. The summed E-state index contributed by atoms with van der Waals surface area (Å²) in [6, 6.07) is 11.0. The van der Waals surface area contributed by atoms with Crippen molar-refractivity contribution in [1.29, 1.82) is 5.26 Å². The summed E-state index contributed by atoms with van der Waals surface area (Å²) in [4.78, 5) is 0. The van der Waals surface area contributed by atoms with Crippen molar-refractivity contribution in [2.24, 2.45) is 7.05 Å². The highest BCUT2D eigenvalue weighted by Crippen LogP contribution is 2.31. The topological polar surface area (TPSA) is 79.4 Å². The highest BCUT2D eigenvalue weighted by atomic mass is 35.5. The minimum Gasteiger partial charge on any atom is -0.317 e. The SMILES string of the molecule is Cl.Cn1cc2cc(-c3cc(F)c4cc(C5CCNCC5)nnc4c3)cc(C#N)c2n1. The fraction of sp³-hybridized carbons (Fsp3) is 0.273. The van der Waals surface area contributed by atoms with Crippen LogP contribution in [0, 0.1) is 17.1 Å². The van der Waals surface area contributed by atoms with Gasteiger partial charge in [0, 0.05) is 29.9 Å². The number of rotatable bonds is 2. The molecule has 4 aromatic rings. The van der Waals surface area contributed by atoms with Crippen molar-refractivity contribution >= 4 is 34.2 Å². The Kier molecular flexibility index (Phi) is 5.37. The van der Waals surface area contributed by atoms with E-state index in [1.165, 1.54) is 6.07 Å². The van der Waals surface area contributed by atoms with Crippen molar-refractivity contribution in [3.63, 3.8) is 0 Å². The number of nitrogens with zero attached hydrogens (tertiary/aromatic N) is 5. The first kappa shape index (κ1) is 20.2. The van der Waals surface area contributed by atoms with Crippen LogP contribution in [0.25, 0.3) is 32.9 Å². The van der Waals surface area contributed by atoms with Crippen LogP contribution in [0.4, 0.5) is 4.39 Å². The molecule has 1 fully saturated rings. The molecule has 1 N–H and O–H groups in total. The quantitative estimate of drug-likeness (QED) is 0.526. The fourth-order valence-corrected chi connectivity index (χ4v) is 4.11. The molecule has 152 valence electrons. The standard InChI is InChI=1S/C22H19FN6.ClH/c1-29-12-17-7-14(6-16(11-24)22(17)28-29)15-8-19(23)18-10-20(26-27-21(18)9-15)13-2-4-25-5-3-13;/h6-10,12-13,25H,2-5H2,1H3;1H. The molecule has 0 radical (unpaired) electrons. The van der Waals surface area contributed by atoms with Gasteiger partial charge in [-0.1, -0.05) is 0 Å². The van der Waals surface area contributed by atoms with E-state index in [0.29, 0.717) is 33.5 Å². The van der Waals surface area contributed by atoms with Crippen molar-refractivity contribution in [3.05, 3.63) is 53.6 Å². The van der Waals surface area contributed by atoms with Gasteiger partial charge < -0.3 is 5.32 Å². The largest absolute Gasteiger partial charge is 0.317 e. The molecule has 2 aromatic heterocycles. The molecule has 1 saturated heterocycles. The molecule has 3 heterocycles. The average Bonchev–Trinajstić information content (AvgIpc) is 3.13. The number of aromatic nitrogens is 4. The van der Waals surface area contributed by atoms with Crippen LogP contribution in [0.1, 0.15) is 30.0 Å². The van der Waals surface area contributed by atoms with E-state index in [0.717, 1.165) is 42.6 Å². The molecule has 2 aromatic carbocycles. The maximum absolute atomic E-state index is 15.0. The summed E-state index contributed by atoms with van der Waals surface area (Å²) < 4.78 is 16.7. The zero-order valence-electron chi connectivity index (χ0n) is 16.4. The smallest absolute Gasteiger partial charge is 0.133 e. The Morgan fingerprint density at radius 1 is 1.10 bits per heavy atom. The van der Waals surface area contributed by atoms with Gasteiger partial charge in [0.25, 0.3) is 0 Å². The van der Waals surface area contributed by atoms with Gasteiger partial charge in [0.05, 0.1) is 16.8 Å². The number of aryl methyl sites for hydroxylation is 1. The van der Waals surface area contributed by atoms with Crippen LogP contribution in [-0.2, 0) is 7.05 Å². The van der Waals surface area contributed by atoms with Gasteiger partial charge in [0.15, 0.2) is 0 Å². The number of piperidine rings is 1. The number of fused-ring (bicyclic) bond motifs is 2. The second-order valence-corrected chi connectivity index (χ2v) is 7.56. The number of hydrogen-bond acceptors (Lipinski definition) is 5. The first-order valence-electron chi connectivity index (χ1n) is 9.68. The maximum atomic E-state index is 15.0. The molecule has 1 aliphatic rings. The minimum absolute atomic E-state index is 0. The lowest BCUT2D eigenvalue weighted by molar-refractivity contribution is 0.451. The van der Waals surface area contributed by atoms with Crippen LogP contribution in [0.3, 0.4) is 0 Å². The molecule has 0 atom stereocenters. The monoisotopic (exact) mass is 422 g/mol. The van der Waals surface area contributed by atoms with Crippen LogP contribution in [0.15, 0.2) is 36.5 Å². The van der Waals surface area contributed by atoms with Gasteiger partial charge in [-0.05, 0) is 67.4 Å². The Hall–Kier alpha value is -3.08. The molecule has 0 bridgehead atoms. The van der Waals surface area contributed by atoms with Crippen molar-refractivity contribution in [2.45, 2.75) is 18.8 Å². The second kappa shape index (κ2) is 7.98. The van der Waals surface area contributed by atoms with E-state index in [-0.39, 0.29) is 18.2 Å². The van der Waals surface area contributed by atoms with Gasteiger partial charge in [-0.3, -0.25) is 4.68 Å². The van der Waals surface area contributed by atoms with Crippen molar-refractivity contribution in [3.8, 4) is 17.2 Å². The summed E-state index contributed by atoms with van der Waals surface area (Å²) in [5.74, 6) is -0.00854. The molecule has 0 spiro atoms. The third-order valence-electron chi connectivity index (χ3n) is 5.61. The summed E-state index contributed by atoms with van der Waals surface area (Å²) in [5, 5.41) is 27.2. The third-order valence-corrected chi connectivity index (χ3v) is 5.61. The van der Waals surface area contributed by atoms with E-state index >= 15 is 4.39 Å². The van der Waals surface area contributed by atoms with Crippen LogP contribution in [-0.4, -0.2) is 33.1 Å². The number of nitriles is 1. The predicted octanol–water partition coefficient (Wildman–Crippen LogP) is 4.08. The summed E-state index contributed by atoms with van der Waals surface area (Å²) in [5.41, 5.74) is 3.90. The van der Waals surface area contributed by atoms with Crippen LogP contribution >= 0.6 is 12.4 Å². The van der Waals surface area contributed by atoms with E-state index in [1.807, 2.05) is 31.4 Å². The van der Waals surface area contributed by atoms with Crippen molar-refractivity contribution in [1.82, 2.24) is 25.3 Å². The van der Waals surface area contributed by atoms with Gasteiger partial charge in [0.1, 0.15) is 17.4 Å². The van der Waals surface area contributed by atoms with Crippen LogP contribution < -0.4 is 5.32 Å². The van der Waals surface area contributed by atoms with Gasteiger partial charge in [-0.2, -0.15) is 20.6 Å². The molecule has 8 heteroatoms. The van der Waals surface area contributed by atoms with Gasteiger partial charge in [0.2, 0.25) is 0 Å². The lowest BCUT2D eigenvalue weighted by Gasteiger charge is -2.21. The van der Waals surface area contributed by atoms with E-state index in [9.17, 15) is 5.26 Å². The Morgan fingerprint density at radius 2 is 1.87 bits per heavy atom. The third kappa shape index (κ3) is 3.49. The normalized spacial score (nSPS) is 14.6. The average molecular weight is 423 g/mol. The number of hydrogen-bond donors (Lipinski definition) is 1. The zero-order valence-corrected chi connectivity index (χ0v) is 17.2. The molecule has 5 rings (SSSR count).